The molecule has 4 aromatic rings. The zero-order chi connectivity index (χ0) is 51.3. The van der Waals surface area contributed by atoms with Crippen LogP contribution in [0.4, 0.5) is 21.0 Å². The molecule has 7 N–H and O–H groups in total. The number of aryl methyl sites for hydroxylation is 2. The Labute approximate surface area is 402 Å². The third-order valence-corrected chi connectivity index (χ3v) is 12.6. The van der Waals surface area contributed by atoms with Crippen molar-refractivity contribution in [2.24, 2.45) is 14.1 Å². The lowest BCUT2D eigenvalue weighted by atomic mass is 9.92. The van der Waals surface area contributed by atoms with Gasteiger partial charge in [0.25, 0.3) is 26.0 Å². The number of aliphatic hydroxyl groups is 2. The molecule has 0 spiro atoms. The number of amides is 5. The van der Waals surface area contributed by atoms with Crippen LogP contribution >= 0.6 is 23.2 Å². The predicted octanol–water partition coefficient (Wildman–Crippen LogP) is 7.20. The Morgan fingerprint density at radius 2 is 0.985 bits per heavy atom. The maximum atomic E-state index is 12.8. The number of aliphatic hydroxyl groups excluding tert-OH is 2. The van der Waals surface area contributed by atoms with Gasteiger partial charge in [0.15, 0.2) is 10.1 Å². The Morgan fingerprint density at radius 3 is 1.25 bits per heavy atom. The number of halogens is 2. The average Bonchev–Trinajstić information content (AvgIpc) is 3.82. The summed E-state index contributed by atoms with van der Waals surface area (Å²) in [5.41, 5.74) is 3.73. The van der Waals surface area contributed by atoms with Crippen LogP contribution in [-0.2, 0) is 34.1 Å². The predicted molar refractivity (Wildman–Crippen MR) is 257 cm³/mol. The molecule has 0 aliphatic carbocycles. The monoisotopic (exact) mass is 1020 g/mol. The number of rotatable bonds is 16. The van der Waals surface area contributed by atoms with Gasteiger partial charge in [-0.1, -0.05) is 91.9 Å². The van der Waals surface area contributed by atoms with Crippen molar-refractivity contribution in [1.82, 2.24) is 33.9 Å². The topological polar surface area (TPSA) is 284 Å². The number of carboxylic acid groups (broad SMARTS) is 1. The number of anilines is 2. The first-order chi connectivity index (χ1) is 31.0. The number of carbonyl (C=O) groups excluding carboxylic acids is 3. The third-order valence-electron chi connectivity index (χ3n) is 9.74. The maximum absolute atomic E-state index is 12.8. The molecule has 0 aliphatic heterocycles. The highest BCUT2D eigenvalue weighted by Gasteiger charge is 2.28. The first-order valence-corrected chi connectivity index (χ1v) is 24.9. The number of hydrogen-bond acceptors (Lipinski definition) is 12. The summed E-state index contributed by atoms with van der Waals surface area (Å²) < 4.78 is 56.3. The molecule has 24 heteroatoms. The van der Waals surface area contributed by atoms with Gasteiger partial charge in [-0.15, -0.1) is 0 Å². The van der Waals surface area contributed by atoms with Crippen molar-refractivity contribution >= 4 is 78.6 Å². The third kappa shape index (κ3) is 16.2. The Morgan fingerprint density at radius 1 is 0.642 bits per heavy atom. The molecule has 2 aromatic heterocycles. The molecular formula is C43H63Cl2N9O11S2. The highest BCUT2D eigenvalue weighted by Crippen LogP contribution is 2.37. The lowest BCUT2D eigenvalue weighted by Gasteiger charge is -2.21. The molecule has 0 saturated carbocycles. The van der Waals surface area contributed by atoms with Gasteiger partial charge in [0.1, 0.15) is 11.4 Å². The lowest BCUT2D eigenvalue weighted by molar-refractivity contribution is 0.0684. The second-order valence-electron chi connectivity index (χ2n) is 16.5. The number of hydrogen-bond donors (Lipinski definition) is 7. The van der Waals surface area contributed by atoms with Crippen molar-refractivity contribution in [3.05, 3.63) is 80.1 Å². The Bertz CT molecular complexity index is 2550. The van der Waals surface area contributed by atoms with Gasteiger partial charge in [0.2, 0.25) is 0 Å². The van der Waals surface area contributed by atoms with Gasteiger partial charge in [-0.25, -0.2) is 23.8 Å². The van der Waals surface area contributed by atoms with Gasteiger partial charge in [0, 0.05) is 67.8 Å². The fourth-order valence-electron chi connectivity index (χ4n) is 6.19. The van der Waals surface area contributed by atoms with Crippen LogP contribution in [0.25, 0.3) is 0 Å². The van der Waals surface area contributed by atoms with Gasteiger partial charge < -0.3 is 30.9 Å². The molecule has 0 unspecified atom stereocenters. The van der Waals surface area contributed by atoms with E-state index in [1.165, 1.54) is 26.0 Å². The van der Waals surface area contributed by atoms with Gasteiger partial charge in [-0.2, -0.15) is 27.0 Å². The Balaban J connectivity index is 0.000000420. The molecule has 5 amide bonds. The lowest BCUT2D eigenvalue weighted by Crippen LogP contribution is -2.35. The molecule has 0 saturated heterocycles. The molecular weight excluding hydrogens is 954 g/mol. The minimum absolute atomic E-state index is 0.00591. The van der Waals surface area contributed by atoms with Crippen LogP contribution < -0.4 is 20.1 Å². The van der Waals surface area contributed by atoms with Crippen LogP contribution in [0.2, 0.25) is 10.0 Å². The molecule has 0 fully saturated rings. The summed E-state index contributed by atoms with van der Waals surface area (Å²) in [6.07, 6.45) is 2.04. The first kappa shape index (κ1) is 57.9. The van der Waals surface area contributed by atoms with Crippen LogP contribution in [0.15, 0.2) is 46.5 Å². The standard InChI is InChI=1S/C21H30ClN5O5S.C18H23ClN4O5S.C4H10O/c1-12(2)15-9-14(22)10-16(13(3)4)19(15)23-21(30)25-33(31,32)18-11-17(27(6)24-18)20(29)26(5)7-8-28;1-9(2)12-6-11(19)7-13(10(3)4)16(12)20-18(26)22-29(27,28)15-8-14(17(24)25)23(5)21-15;1-2-3-4-5/h9-13,28H,7-8H2,1-6H3,(H2,23,25,30);6-10H,1-5H3,(H,24,25)(H2,20,22,26);5H,2-4H2,1H3. The van der Waals surface area contributed by atoms with E-state index in [0.717, 1.165) is 56.6 Å². The van der Waals surface area contributed by atoms with E-state index in [1.807, 2.05) is 64.8 Å². The van der Waals surface area contributed by atoms with Crippen LogP contribution in [0.3, 0.4) is 0 Å². The van der Waals surface area contributed by atoms with E-state index in [0.29, 0.717) is 28.0 Å². The SMILES string of the molecule is CC(C)c1cc(Cl)cc(C(C)C)c1NC(=O)NS(=O)(=O)c1cc(C(=O)N(C)CCO)n(C)n1.CC(C)c1cc(Cl)cc(C(C)C)c1NC(=O)NS(=O)(=O)c1cc(C(=O)O)n(C)n1.CCCCO. The number of aromatic carboxylic acids is 1. The molecule has 0 radical (unpaired) electrons. The van der Waals surface area contributed by atoms with E-state index in [9.17, 15) is 36.0 Å². The minimum atomic E-state index is -4.37. The van der Waals surface area contributed by atoms with Crippen LogP contribution in [0.5, 0.6) is 0 Å². The number of urea groups is 2. The van der Waals surface area contributed by atoms with Crippen molar-refractivity contribution < 1.29 is 51.3 Å². The number of unbranched alkanes of at least 4 members (excludes halogenated alkanes) is 1. The molecule has 20 nitrogen and oxygen atoms in total. The molecule has 2 heterocycles. The Kier molecular flexibility index (Phi) is 21.8. The van der Waals surface area contributed by atoms with Crippen molar-refractivity contribution in [2.45, 2.75) is 109 Å². The maximum Gasteiger partial charge on any atom is 0.354 e. The van der Waals surface area contributed by atoms with E-state index in [2.05, 4.69) is 27.8 Å². The van der Waals surface area contributed by atoms with Crippen molar-refractivity contribution in [3.63, 3.8) is 0 Å². The van der Waals surface area contributed by atoms with Crippen molar-refractivity contribution in [2.75, 3.05) is 37.4 Å². The number of benzene rings is 2. The molecule has 67 heavy (non-hydrogen) atoms. The second kappa shape index (κ2) is 25.2. The van der Waals surface area contributed by atoms with Gasteiger partial charge in [0.05, 0.1) is 6.61 Å². The summed E-state index contributed by atoms with van der Waals surface area (Å²) >= 11 is 12.4. The molecule has 0 atom stereocenters. The molecule has 0 bridgehead atoms. The second-order valence-corrected chi connectivity index (χ2v) is 20.6. The summed E-state index contributed by atoms with van der Waals surface area (Å²) in [7, 11) is -4.57. The highest BCUT2D eigenvalue weighted by molar-refractivity contribution is 7.90. The zero-order valence-corrected chi connectivity index (χ0v) is 42.9. The quantitative estimate of drug-likeness (QED) is 0.0585. The fourth-order valence-corrected chi connectivity index (χ4v) is 8.45. The minimum Gasteiger partial charge on any atom is -0.477 e. The van der Waals surface area contributed by atoms with E-state index in [4.69, 9.17) is 38.5 Å². The first-order valence-electron chi connectivity index (χ1n) is 21.2. The molecule has 372 valence electrons. The van der Waals surface area contributed by atoms with Gasteiger partial charge >= 0.3 is 18.0 Å². The summed E-state index contributed by atoms with van der Waals surface area (Å²) in [6, 6.07) is 6.92. The van der Waals surface area contributed by atoms with Crippen LogP contribution in [0, 0.1) is 0 Å². The summed E-state index contributed by atoms with van der Waals surface area (Å²) in [5, 5.41) is 38.9. The van der Waals surface area contributed by atoms with Crippen molar-refractivity contribution in [3.8, 4) is 0 Å². The van der Waals surface area contributed by atoms with Gasteiger partial charge in [-0.05, 0) is 76.6 Å². The van der Waals surface area contributed by atoms with Gasteiger partial charge in [-0.3, -0.25) is 14.2 Å². The van der Waals surface area contributed by atoms with E-state index in [1.54, 1.807) is 24.3 Å². The van der Waals surface area contributed by atoms with E-state index < -0.39 is 54.0 Å². The largest absolute Gasteiger partial charge is 0.477 e. The number of nitrogens with zero attached hydrogens (tertiary/aromatic N) is 5. The van der Waals surface area contributed by atoms with Crippen molar-refractivity contribution in [1.29, 1.82) is 0 Å². The van der Waals surface area contributed by atoms with E-state index in [-0.39, 0.29) is 48.2 Å². The van der Waals surface area contributed by atoms with Crippen LogP contribution in [0.1, 0.15) is 142 Å². The number of sulfonamides is 2. The van der Waals surface area contributed by atoms with E-state index >= 15 is 0 Å². The highest BCUT2D eigenvalue weighted by atomic mass is 35.5. The number of carbonyl (C=O) groups is 4. The normalized spacial score (nSPS) is 11.5. The fraction of sp³-hybridized carbons (Fsp3) is 0.488. The number of likely N-dealkylation sites (N-methyl/N-ethyl adjacent to an activating group) is 1. The zero-order valence-electron chi connectivity index (χ0n) is 39.7. The number of carboxylic acids is 1. The summed E-state index contributed by atoms with van der Waals surface area (Å²) in [5.74, 6) is -1.77. The molecule has 0 aliphatic rings. The smallest absolute Gasteiger partial charge is 0.354 e. The number of nitrogens with one attached hydrogen (secondary N) is 4. The summed E-state index contributed by atoms with van der Waals surface area (Å²) in [6.45, 7) is 17.7. The Hall–Kier alpha value is -5.26. The number of aromatic nitrogens is 4. The molecule has 4 rings (SSSR count). The van der Waals surface area contributed by atoms with Crippen LogP contribution in [-0.4, -0.2) is 107 Å². The molecule has 2 aromatic carbocycles. The average molecular weight is 1020 g/mol. The summed E-state index contributed by atoms with van der Waals surface area (Å²) in [4.78, 5) is 49.9.